The van der Waals surface area contributed by atoms with Crippen LogP contribution in [0.3, 0.4) is 0 Å². The van der Waals surface area contributed by atoms with E-state index in [0.717, 1.165) is 12.1 Å². The number of ether oxygens (including phenoxy) is 2. The summed E-state index contributed by atoms with van der Waals surface area (Å²) in [6, 6.07) is 12.2. The van der Waals surface area contributed by atoms with Gasteiger partial charge in [0, 0.05) is 22.0 Å². The van der Waals surface area contributed by atoms with Gasteiger partial charge in [-0.3, -0.25) is 9.69 Å². The van der Waals surface area contributed by atoms with Crippen molar-refractivity contribution in [2.24, 2.45) is 0 Å². The largest absolute Gasteiger partial charge is 0.496 e. The van der Waals surface area contributed by atoms with Crippen molar-refractivity contribution in [3.05, 3.63) is 93.5 Å². The molecule has 3 aromatic rings. The van der Waals surface area contributed by atoms with Crippen molar-refractivity contribution < 1.29 is 36.6 Å². The van der Waals surface area contributed by atoms with Crippen LogP contribution in [0.25, 0.3) is 0 Å². The van der Waals surface area contributed by atoms with Crippen molar-refractivity contribution in [3.8, 4) is 5.75 Å². The van der Waals surface area contributed by atoms with Gasteiger partial charge < -0.3 is 9.47 Å². The topological polar surface area (TPSA) is 55.8 Å². The Bertz CT molecular complexity index is 1350. The Morgan fingerprint density at radius 1 is 1.06 bits per heavy atom. The summed E-state index contributed by atoms with van der Waals surface area (Å²) in [6.45, 7) is -0.842. The van der Waals surface area contributed by atoms with Gasteiger partial charge in [-0.2, -0.15) is 13.2 Å². The van der Waals surface area contributed by atoms with Crippen LogP contribution in [-0.4, -0.2) is 25.7 Å². The fourth-order valence-corrected chi connectivity index (χ4v) is 4.30. The van der Waals surface area contributed by atoms with E-state index in [-0.39, 0.29) is 33.3 Å². The van der Waals surface area contributed by atoms with Crippen LogP contribution < -0.4 is 9.64 Å². The Balaban J connectivity index is 1.77. The molecule has 0 aliphatic carbocycles. The van der Waals surface area contributed by atoms with Crippen LogP contribution in [-0.2, 0) is 27.3 Å². The van der Waals surface area contributed by atoms with E-state index in [4.69, 9.17) is 32.7 Å². The zero-order valence-corrected chi connectivity index (χ0v) is 20.0. The number of nitrogens with zero attached hydrogens (tertiary/aromatic N) is 1. The van der Waals surface area contributed by atoms with E-state index in [1.165, 1.54) is 31.4 Å². The van der Waals surface area contributed by atoms with E-state index in [1.807, 2.05) is 0 Å². The van der Waals surface area contributed by atoms with Crippen molar-refractivity contribution in [1.82, 2.24) is 0 Å². The molecular formula is C25H17Cl2F4NO4. The summed E-state index contributed by atoms with van der Waals surface area (Å²) in [7, 11) is 1.25. The number of hydrogen-bond acceptors (Lipinski definition) is 4. The number of benzene rings is 3. The van der Waals surface area contributed by atoms with Gasteiger partial charge in [-0.1, -0.05) is 29.8 Å². The van der Waals surface area contributed by atoms with Gasteiger partial charge in [0.05, 0.1) is 23.9 Å². The van der Waals surface area contributed by atoms with E-state index in [9.17, 15) is 22.8 Å². The average molecular weight is 542 g/mol. The first kappa shape index (κ1) is 25.8. The van der Waals surface area contributed by atoms with Crippen LogP contribution >= 0.6 is 23.2 Å². The summed E-state index contributed by atoms with van der Waals surface area (Å²) in [5.74, 6) is -2.05. The molecule has 0 spiro atoms. The van der Waals surface area contributed by atoms with Gasteiger partial charge in [-0.15, -0.1) is 11.6 Å². The van der Waals surface area contributed by atoms with Gasteiger partial charge >= 0.3 is 12.1 Å². The standard InChI is InChI=1S/C25H17Cl2F4NO4/c1-35-21-8-6-17(27)11-19(21)24(28)18-7-5-16(25(29,30)31)10-20(18)32(23(24)34)13-36-22(33)15-4-2-3-14(9-15)12-26/h2-11H,12-13H2,1H3. The zero-order valence-electron chi connectivity index (χ0n) is 18.5. The Morgan fingerprint density at radius 2 is 1.81 bits per heavy atom. The molecule has 4 rings (SSSR count). The third-order valence-corrected chi connectivity index (χ3v) is 6.24. The van der Waals surface area contributed by atoms with Gasteiger partial charge in [-0.25, -0.2) is 9.18 Å². The third kappa shape index (κ3) is 4.49. The van der Waals surface area contributed by atoms with Crippen LogP contribution in [0.5, 0.6) is 5.75 Å². The molecule has 188 valence electrons. The Labute approximate surface area is 213 Å². The number of rotatable bonds is 6. The number of amides is 1. The molecule has 1 aliphatic rings. The molecule has 1 amide bonds. The lowest BCUT2D eigenvalue weighted by Gasteiger charge is -2.23. The van der Waals surface area contributed by atoms with E-state index in [0.29, 0.717) is 22.6 Å². The smallest absolute Gasteiger partial charge is 0.416 e. The van der Waals surface area contributed by atoms with Crippen molar-refractivity contribution >= 4 is 40.8 Å². The number of carbonyl (C=O) groups excluding carboxylic acids is 2. The molecule has 0 radical (unpaired) electrons. The van der Waals surface area contributed by atoms with Crippen LogP contribution in [0, 0.1) is 0 Å². The summed E-state index contributed by atoms with van der Waals surface area (Å²) >= 11 is 11.8. The van der Waals surface area contributed by atoms with E-state index < -0.39 is 41.7 Å². The second kappa shape index (κ2) is 9.63. The summed E-state index contributed by atoms with van der Waals surface area (Å²) in [6.07, 6.45) is -4.77. The Hall–Kier alpha value is -3.30. The second-order valence-electron chi connectivity index (χ2n) is 7.86. The minimum atomic E-state index is -4.77. The maximum Gasteiger partial charge on any atom is 0.416 e. The molecule has 3 aromatic carbocycles. The maximum absolute atomic E-state index is 16.7. The molecule has 1 atom stereocenters. The van der Waals surface area contributed by atoms with E-state index in [1.54, 1.807) is 12.1 Å². The van der Waals surface area contributed by atoms with Crippen LogP contribution in [0.1, 0.15) is 32.6 Å². The van der Waals surface area contributed by atoms with Gasteiger partial charge in [0.25, 0.3) is 5.91 Å². The summed E-state index contributed by atoms with van der Waals surface area (Å²) in [4.78, 5) is 26.7. The van der Waals surface area contributed by atoms with Crippen molar-refractivity contribution in [1.29, 1.82) is 0 Å². The number of hydrogen-bond donors (Lipinski definition) is 0. The minimum absolute atomic E-state index is 0.0437. The van der Waals surface area contributed by atoms with Gasteiger partial charge in [-0.05, 0) is 48.0 Å². The molecular weight excluding hydrogens is 525 g/mol. The molecule has 0 aromatic heterocycles. The Kier molecular flexibility index (Phi) is 6.90. The number of fused-ring (bicyclic) bond motifs is 1. The highest BCUT2D eigenvalue weighted by Gasteiger charge is 2.55. The predicted molar refractivity (Wildman–Crippen MR) is 125 cm³/mol. The molecule has 0 fully saturated rings. The van der Waals surface area contributed by atoms with E-state index >= 15 is 4.39 Å². The highest BCUT2D eigenvalue weighted by molar-refractivity contribution is 6.30. The second-order valence-corrected chi connectivity index (χ2v) is 8.56. The summed E-state index contributed by atoms with van der Waals surface area (Å²) in [5, 5.41) is 0.0770. The summed E-state index contributed by atoms with van der Waals surface area (Å²) < 4.78 is 67.4. The maximum atomic E-state index is 16.7. The molecule has 36 heavy (non-hydrogen) atoms. The minimum Gasteiger partial charge on any atom is -0.496 e. The lowest BCUT2D eigenvalue weighted by molar-refractivity contribution is -0.137. The predicted octanol–water partition coefficient (Wildman–Crippen LogP) is 6.48. The molecule has 1 heterocycles. The first-order valence-corrected chi connectivity index (χ1v) is 11.3. The molecule has 0 saturated carbocycles. The zero-order chi connectivity index (χ0) is 26.3. The lowest BCUT2D eigenvalue weighted by Crippen LogP contribution is -2.40. The molecule has 0 saturated heterocycles. The number of methoxy groups -OCH3 is 1. The fraction of sp³-hybridized carbons (Fsp3) is 0.200. The first-order valence-electron chi connectivity index (χ1n) is 10.4. The lowest BCUT2D eigenvalue weighted by atomic mass is 9.88. The molecule has 0 N–H and O–H groups in total. The number of anilines is 1. The van der Waals surface area contributed by atoms with Gasteiger partial charge in [0.1, 0.15) is 5.75 Å². The monoisotopic (exact) mass is 541 g/mol. The molecule has 1 unspecified atom stereocenters. The van der Waals surface area contributed by atoms with Crippen LogP contribution in [0.2, 0.25) is 5.02 Å². The van der Waals surface area contributed by atoms with Crippen LogP contribution in [0.4, 0.5) is 23.2 Å². The third-order valence-electron chi connectivity index (χ3n) is 5.70. The number of carbonyl (C=O) groups is 2. The highest BCUT2D eigenvalue weighted by Crippen LogP contribution is 2.51. The van der Waals surface area contributed by atoms with Gasteiger partial charge in [0.15, 0.2) is 6.73 Å². The Morgan fingerprint density at radius 3 is 2.47 bits per heavy atom. The number of alkyl halides is 5. The molecule has 1 aliphatic heterocycles. The molecule has 11 heteroatoms. The normalized spacial score (nSPS) is 17.2. The highest BCUT2D eigenvalue weighted by atomic mass is 35.5. The van der Waals surface area contributed by atoms with Crippen molar-refractivity contribution in [2.45, 2.75) is 17.7 Å². The quantitative estimate of drug-likeness (QED) is 0.203. The number of esters is 1. The van der Waals surface area contributed by atoms with Crippen molar-refractivity contribution in [3.63, 3.8) is 0 Å². The first-order chi connectivity index (χ1) is 17.0. The van der Waals surface area contributed by atoms with Crippen molar-refractivity contribution in [2.75, 3.05) is 18.7 Å². The van der Waals surface area contributed by atoms with E-state index in [2.05, 4.69) is 0 Å². The number of halogens is 6. The fourth-order valence-electron chi connectivity index (χ4n) is 3.96. The van der Waals surface area contributed by atoms with Gasteiger partial charge in [0.2, 0.25) is 5.67 Å². The van der Waals surface area contributed by atoms with Crippen LogP contribution in [0.15, 0.2) is 60.7 Å². The summed E-state index contributed by atoms with van der Waals surface area (Å²) in [5.41, 5.74) is -4.41. The average Bonchev–Trinajstić information content (AvgIpc) is 3.08. The molecule has 5 nitrogen and oxygen atoms in total. The SMILES string of the molecule is COc1ccc(Cl)cc1C1(F)C(=O)N(COC(=O)c2cccc(CCl)c2)c2cc(C(F)(F)F)ccc21. The molecule has 0 bridgehead atoms.